The first-order valence-electron chi connectivity index (χ1n) is 4.58. The number of carbonyl (C=O) groups is 1. The number of nitrogens with zero attached hydrogens (tertiary/aromatic N) is 1. The minimum absolute atomic E-state index is 0.0548. The van der Waals surface area contributed by atoms with Crippen LogP contribution in [0.15, 0.2) is 18.3 Å². The summed E-state index contributed by atoms with van der Waals surface area (Å²) in [5, 5.41) is 2.74. The van der Waals surface area contributed by atoms with E-state index in [1.165, 1.54) is 0 Å². The van der Waals surface area contributed by atoms with Gasteiger partial charge in [-0.2, -0.15) is 0 Å². The van der Waals surface area contributed by atoms with E-state index in [0.717, 1.165) is 5.56 Å². The Labute approximate surface area is 93.6 Å². The number of pyridine rings is 1. The molecule has 0 aromatic carbocycles. The van der Waals surface area contributed by atoms with Crippen LogP contribution >= 0.6 is 11.6 Å². The van der Waals surface area contributed by atoms with Crippen LogP contribution < -0.4 is 10.1 Å². The van der Waals surface area contributed by atoms with Crippen molar-refractivity contribution in [2.75, 3.05) is 13.0 Å². The van der Waals surface area contributed by atoms with E-state index in [9.17, 15) is 4.79 Å². The zero-order valence-corrected chi connectivity index (χ0v) is 9.25. The Kier molecular flexibility index (Phi) is 4.90. The molecule has 1 aromatic heterocycles. The van der Waals surface area contributed by atoms with E-state index in [2.05, 4.69) is 10.3 Å². The van der Waals surface area contributed by atoms with Crippen LogP contribution in [-0.2, 0) is 11.3 Å². The standard InChI is InChI=1S/C10H13ClN2O2/c1-15-10-6-8(3-5-12-10)7-13-9(14)2-4-11/h3,5-6H,2,4,7H2,1H3,(H,13,14). The lowest BCUT2D eigenvalue weighted by Crippen LogP contribution is -2.22. The first kappa shape index (κ1) is 11.8. The smallest absolute Gasteiger partial charge is 0.221 e. The molecule has 0 bridgehead atoms. The summed E-state index contributed by atoms with van der Waals surface area (Å²) in [6.07, 6.45) is 1.98. The minimum Gasteiger partial charge on any atom is -0.481 e. The first-order chi connectivity index (χ1) is 7.26. The van der Waals surface area contributed by atoms with Gasteiger partial charge in [-0.3, -0.25) is 4.79 Å². The summed E-state index contributed by atoms with van der Waals surface area (Å²) in [5.41, 5.74) is 0.949. The minimum atomic E-state index is -0.0548. The van der Waals surface area contributed by atoms with Crippen molar-refractivity contribution < 1.29 is 9.53 Å². The fraction of sp³-hybridized carbons (Fsp3) is 0.400. The molecule has 4 nitrogen and oxygen atoms in total. The van der Waals surface area contributed by atoms with Crippen LogP contribution in [-0.4, -0.2) is 23.9 Å². The lowest BCUT2D eigenvalue weighted by atomic mass is 10.2. The largest absolute Gasteiger partial charge is 0.481 e. The van der Waals surface area contributed by atoms with Gasteiger partial charge in [-0.05, 0) is 11.6 Å². The summed E-state index contributed by atoms with van der Waals surface area (Å²) >= 11 is 5.43. The molecule has 5 heteroatoms. The summed E-state index contributed by atoms with van der Waals surface area (Å²) in [4.78, 5) is 15.1. The molecule has 15 heavy (non-hydrogen) atoms. The van der Waals surface area contributed by atoms with Crippen LogP contribution in [0.5, 0.6) is 5.88 Å². The van der Waals surface area contributed by atoms with Crippen LogP contribution in [0.1, 0.15) is 12.0 Å². The Morgan fingerprint density at radius 2 is 2.47 bits per heavy atom. The van der Waals surface area contributed by atoms with E-state index in [4.69, 9.17) is 16.3 Å². The molecular formula is C10H13ClN2O2. The number of nitrogens with one attached hydrogen (secondary N) is 1. The van der Waals surface area contributed by atoms with Crippen LogP contribution in [0.25, 0.3) is 0 Å². The molecule has 1 N–H and O–H groups in total. The Hall–Kier alpha value is -1.29. The number of alkyl halides is 1. The lowest BCUT2D eigenvalue weighted by molar-refractivity contribution is -0.120. The van der Waals surface area contributed by atoms with Gasteiger partial charge < -0.3 is 10.1 Å². The van der Waals surface area contributed by atoms with Crippen molar-refractivity contribution in [3.63, 3.8) is 0 Å². The number of hydrogen-bond donors (Lipinski definition) is 1. The lowest BCUT2D eigenvalue weighted by Gasteiger charge is -2.05. The quantitative estimate of drug-likeness (QED) is 0.774. The molecule has 1 rings (SSSR count). The van der Waals surface area contributed by atoms with Gasteiger partial charge in [-0.15, -0.1) is 11.6 Å². The molecule has 0 spiro atoms. The second-order valence-corrected chi connectivity index (χ2v) is 3.30. The van der Waals surface area contributed by atoms with E-state index >= 15 is 0 Å². The molecule has 0 aliphatic rings. The third-order valence-corrected chi connectivity index (χ3v) is 2.01. The molecule has 1 aromatic rings. The van der Waals surface area contributed by atoms with Gasteiger partial charge in [0.05, 0.1) is 7.11 Å². The van der Waals surface area contributed by atoms with Crippen LogP contribution in [0.3, 0.4) is 0 Å². The van der Waals surface area contributed by atoms with E-state index in [1.807, 2.05) is 6.07 Å². The maximum Gasteiger partial charge on any atom is 0.221 e. The molecule has 1 amide bonds. The van der Waals surface area contributed by atoms with Crippen molar-refractivity contribution in [2.24, 2.45) is 0 Å². The molecule has 0 radical (unpaired) electrons. The third-order valence-electron chi connectivity index (χ3n) is 1.82. The predicted molar refractivity (Wildman–Crippen MR) is 58.0 cm³/mol. The summed E-state index contributed by atoms with van der Waals surface area (Å²) in [7, 11) is 1.55. The molecule has 0 unspecified atom stereocenters. The molecule has 1 heterocycles. The Morgan fingerprint density at radius 1 is 1.67 bits per heavy atom. The molecule has 0 saturated heterocycles. The highest BCUT2D eigenvalue weighted by atomic mass is 35.5. The molecule has 82 valence electrons. The van der Waals surface area contributed by atoms with Gasteiger partial charge in [0, 0.05) is 31.1 Å². The summed E-state index contributed by atoms with van der Waals surface area (Å²) in [5.74, 6) is 0.825. The normalized spacial score (nSPS) is 9.73. The topological polar surface area (TPSA) is 51.2 Å². The van der Waals surface area contributed by atoms with Crippen LogP contribution in [0.2, 0.25) is 0 Å². The number of aromatic nitrogens is 1. The molecule has 0 aliphatic carbocycles. The fourth-order valence-electron chi connectivity index (χ4n) is 1.05. The number of methoxy groups -OCH3 is 1. The highest BCUT2D eigenvalue weighted by Crippen LogP contribution is 2.07. The SMILES string of the molecule is COc1cc(CNC(=O)CCCl)ccn1. The molecule has 0 atom stereocenters. The van der Waals surface area contributed by atoms with E-state index in [-0.39, 0.29) is 5.91 Å². The van der Waals surface area contributed by atoms with Gasteiger partial charge in [-0.1, -0.05) is 0 Å². The number of ether oxygens (including phenoxy) is 1. The van der Waals surface area contributed by atoms with Gasteiger partial charge in [-0.25, -0.2) is 4.98 Å². The predicted octanol–water partition coefficient (Wildman–Crippen LogP) is 1.34. The molecule has 0 fully saturated rings. The second kappa shape index (κ2) is 6.24. The van der Waals surface area contributed by atoms with Crippen molar-refractivity contribution in [1.29, 1.82) is 0 Å². The number of carbonyl (C=O) groups excluding carboxylic acids is 1. The van der Waals surface area contributed by atoms with Crippen LogP contribution in [0.4, 0.5) is 0 Å². The average molecular weight is 229 g/mol. The third kappa shape index (κ3) is 4.16. The molecule has 0 aliphatic heterocycles. The van der Waals surface area contributed by atoms with Gasteiger partial charge in [0.25, 0.3) is 0 Å². The summed E-state index contributed by atoms with van der Waals surface area (Å²) in [6, 6.07) is 3.60. The Balaban J connectivity index is 2.46. The van der Waals surface area contributed by atoms with Gasteiger partial charge >= 0.3 is 0 Å². The highest BCUT2D eigenvalue weighted by Gasteiger charge is 2.01. The van der Waals surface area contributed by atoms with Gasteiger partial charge in [0.2, 0.25) is 11.8 Å². The van der Waals surface area contributed by atoms with E-state index in [0.29, 0.717) is 24.7 Å². The van der Waals surface area contributed by atoms with Crippen molar-refractivity contribution in [2.45, 2.75) is 13.0 Å². The maximum absolute atomic E-state index is 11.1. The van der Waals surface area contributed by atoms with Gasteiger partial charge in [0.15, 0.2) is 0 Å². The van der Waals surface area contributed by atoms with Crippen molar-refractivity contribution in [3.8, 4) is 5.88 Å². The zero-order valence-electron chi connectivity index (χ0n) is 8.50. The average Bonchev–Trinajstić information content (AvgIpc) is 2.27. The van der Waals surface area contributed by atoms with Crippen molar-refractivity contribution >= 4 is 17.5 Å². The molecule has 0 saturated carbocycles. The molecular weight excluding hydrogens is 216 g/mol. The monoisotopic (exact) mass is 228 g/mol. The first-order valence-corrected chi connectivity index (χ1v) is 5.11. The Bertz CT molecular complexity index is 331. The Morgan fingerprint density at radius 3 is 3.13 bits per heavy atom. The number of amides is 1. The van der Waals surface area contributed by atoms with E-state index < -0.39 is 0 Å². The summed E-state index contributed by atoms with van der Waals surface area (Å²) < 4.78 is 4.96. The van der Waals surface area contributed by atoms with Crippen molar-refractivity contribution in [1.82, 2.24) is 10.3 Å². The number of hydrogen-bond acceptors (Lipinski definition) is 3. The number of rotatable bonds is 5. The fourth-order valence-corrected chi connectivity index (χ4v) is 1.22. The number of halogens is 1. The van der Waals surface area contributed by atoms with Gasteiger partial charge in [0.1, 0.15) is 0 Å². The second-order valence-electron chi connectivity index (χ2n) is 2.92. The van der Waals surface area contributed by atoms with Crippen molar-refractivity contribution in [3.05, 3.63) is 23.9 Å². The maximum atomic E-state index is 11.1. The van der Waals surface area contributed by atoms with Crippen LogP contribution in [0, 0.1) is 0 Å². The summed E-state index contributed by atoms with van der Waals surface area (Å²) in [6.45, 7) is 0.467. The highest BCUT2D eigenvalue weighted by molar-refractivity contribution is 6.18. The van der Waals surface area contributed by atoms with E-state index in [1.54, 1.807) is 19.4 Å². The zero-order chi connectivity index (χ0) is 11.1.